The Bertz CT molecular complexity index is 1780. The minimum Gasteiger partial charge on any atom is -0.450 e. The van der Waals surface area contributed by atoms with Crippen molar-refractivity contribution >= 4 is 43.8 Å². The number of alkyl carbamates (subject to hydrolysis) is 1. The van der Waals surface area contributed by atoms with Crippen molar-refractivity contribution < 1.29 is 50.6 Å². The Kier molecular flexibility index (Phi) is 16.1. The number of ether oxygens (including phenoxy) is 2. The summed E-state index contributed by atoms with van der Waals surface area (Å²) >= 11 is 0.857. The molecule has 0 aliphatic heterocycles. The highest BCUT2D eigenvalue weighted by Crippen LogP contribution is 2.41. The second kappa shape index (κ2) is 19.6. The number of esters is 2. The summed E-state index contributed by atoms with van der Waals surface area (Å²) in [5.74, 6) is -6.63. The van der Waals surface area contributed by atoms with Crippen LogP contribution in [0.25, 0.3) is 11.1 Å². The number of carbonyl (C=O) groups is 4. The third kappa shape index (κ3) is 14.4. The van der Waals surface area contributed by atoms with Crippen LogP contribution in [0, 0.1) is 17.0 Å². The lowest BCUT2D eigenvalue weighted by atomic mass is 9.83. The second-order valence-electron chi connectivity index (χ2n) is 15.3. The number of rotatable bonds is 17. The summed E-state index contributed by atoms with van der Waals surface area (Å²) < 4.78 is 78.3. The largest absolute Gasteiger partial charge is 0.491 e. The smallest absolute Gasteiger partial charge is 0.450 e. The molecule has 3 N–H and O–H groups in total. The predicted octanol–water partition coefficient (Wildman–Crippen LogP) is 7.54. The minimum absolute atomic E-state index is 0.0240. The number of nitrogens with one attached hydrogen (secondary N) is 1. The number of alkyl halides is 3. The Morgan fingerprint density at radius 1 is 1.00 bits per heavy atom. The van der Waals surface area contributed by atoms with Crippen molar-refractivity contribution in [1.29, 1.82) is 0 Å². The number of amides is 2. The normalized spacial score (nSPS) is 13.2. The summed E-state index contributed by atoms with van der Waals surface area (Å²) in [6.07, 6.45) is -4.01. The van der Waals surface area contributed by atoms with Crippen molar-refractivity contribution in [2.75, 3.05) is 31.2 Å². The molecule has 0 saturated carbocycles. The van der Waals surface area contributed by atoms with Gasteiger partial charge in [0.25, 0.3) is 0 Å². The fraction of sp³-hybridized carbons (Fsp3) is 0.474. The molecule has 2 aromatic carbocycles. The van der Waals surface area contributed by atoms with E-state index < -0.39 is 67.3 Å². The maximum Gasteiger partial charge on any atom is 0.491 e. The second-order valence-corrected chi connectivity index (χ2v) is 22.0. The van der Waals surface area contributed by atoms with Crippen LogP contribution in [0.4, 0.5) is 26.7 Å². The summed E-state index contributed by atoms with van der Waals surface area (Å²) in [6, 6.07) is 12.7. The maximum atomic E-state index is 15.1. The van der Waals surface area contributed by atoms with Gasteiger partial charge in [-0.15, -0.1) is 11.8 Å². The Hall–Kier alpha value is -4.22. The Morgan fingerprint density at radius 2 is 1.67 bits per heavy atom. The lowest BCUT2D eigenvalue weighted by Crippen LogP contribution is -2.44. The third-order valence-electron chi connectivity index (χ3n) is 8.28. The van der Waals surface area contributed by atoms with Gasteiger partial charge in [0.1, 0.15) is 17.7 Å². The van der Waals surface area contributed by atoms with Crippen LogP contribution in [-0.4, -0.2) is 84.9 Å². The molecule has 1 aromatic heterocycles. The maximum absolute atomic E-state index is 15.1. The molecule has 0 unspecified atom stereocenters. The van der Waals surface area contributed by atoms with Crippen LogP contribution in [0.1, 0.15) is 44.5 Å². The van der Waals surface area contributed by atoms with Crippen molar-refractivity contribution in [1.82, 2.24) is 14.8 Å². The summed E-state index contributed by atoms with van der Waals surface area (Å²) in [7, 11) is -1.43. The van der Waals surface area contributed by atoms with Gasteiger partial charge in [-0.25, -0.2) is 23.2 Å². The first-order chi connectivity index (χ1) is 25.6. The average molecular weight is 813 g/mol. The molecule has 0 radical (unpaired) electrons. The van der Waals surface area contributed by atoms with Gasteiger partial charge in [0.15, 0.2) is 0 Å². The number of hydrogen-bond donors (Lipinski definition) is 2. The molecule has 3 rings (SSSR count). The molecule has 17 heteroatoms. The first kappa shape index (κ1) is 45.2. The SMILES string of the molecule is CC(C)(C)[C@H](c1cc(-c2cc(F)ccc2F)cn1Cc1ccccc1)N(CCCNC(=O)OCC[Si](C)(C)C)C(=O)CSC[C@H](N)C(=O)OC(=O)C(F)(F)F. The van der Waals surface area contributed by atoms with Crippen LogP contribution in [0.3, 0.4) is 0 Å². The first-order valence-corrected chi connectivity index (χ1v) is 22.5. The predicted molar refractivity (Wildman–Crippen MR) is 204 cm³/mol. The summed E-state index contributed by atoms with van der Waals surface area (Å²) in [5, 5.41) is 2.71. The van der Waals surface area contributed by atoms with Crippen molar-refractivity contribution in [2.24, 2.45) is 11.1 Å². The van der Waals surface area contributed by atoms with E-state index >= 15 is 4.39 Å². The third-order valence-corrected chi connectivity index (χ3v) is 11.0. The molecule has 0 spiro atoms. The van der Waals surface area contributed by atoms with Gasteiger partial charge in [-0.05, 0) is 47.7 Å². The summed E-state index contributed by atoms with van der Waals surface area (Å²) in [6.45, 7) is 13.0. The number of halogens is 5. The van der Waals surface area contributed by atoms with Gasteiger partial charge < -0.3 is 30.0 Å². The van der Waals surface area contributed by atoms with Gasteiger partial charge in [-0.2, -0.15) is 13.2 Å². The monoisotopic (exact) mass is 812 g/mol. The van der Waals surface area contributed by atoms with Crippen molar-refractivity contribution in [3.8, 4) is 11.1 Å². The Labute approximate surface area is 323 Å². The van der Waals surface area contributed by atoms with Gasteiger partial charge in [0.05, 0.1) is 18.4 Å². The van der Waals surface area contributed by atoms with E-state index in [-0.39, 0.29) is 43.2 Å². The molecule has 0 aliphatic carbocycles. The molecule has 0 saturated heterocycles. The van der Waals surface area contributed by atoms with Crippen LogP contribution >= 0.6 is 11.8 Å². The molecule has 10 nitrogen and oxygen atoms in total. The van der Waals surface area contributed by atoms with Crippen LogP contribution in [0.2, 0.25) is 25.7 Å². The van der Waals surface area contributed by atoms with Crippen molar-refractivity contribution in [3.05, 3.63) is 83.7 Å². The van der Waals surface area contributed by atoms with Gasteiger partial charge in [0.2, 0.25) is 5.91 Å². The molecule has 55 heavy (non-hydrogen) atoms. The number of nitrogens with zero attached hydrogens (tertiary/aromatic N) is 2. The molecule has 0 aliphatic rings. The standard InChI is InChI=1S/C38H49F5N4O6SSi/c1-37(2,3)33(31-19-26(28-20-27(39)13-14-29(28)40)22-46(31)21-25-11-8-7-9-12-25)47(16-10-15-45-36(51)52-17-18-55(4,5)6)32(48)24-54-23-30(44)34(49)53-35(50)38(41,42)43/h7-9,11-14,19-20,22,30,33H,10,15-18,21,23-24,44H2,1-6H3,(H,45,51)/t30-,33-/m0/s1. The first-order valence-electron chi connectivity index (χ1n) is 17.6. The van der Waals surface area contributed by atoms with E-state index in [2.05, 4.69) is 29.7 Å². The number of nitrogens with two attached hydrogens (primary N) is 1. The molecule has 0 bridgehead atoms. The lowest BCUT2D eigenvalue weighted by Gasteiger charge is -2.41. The summed E-state index contributed by atoms with van der Waals surface area (Å²) in [4.78, 5) is 51.4. The molecular weight excluding hydrogens is 764 g/mol. The zero-order valence-electron chi connectivity index (χ0n) is 31.8. The Morgan fingerprint density at radius 3 is 2.29 bits per heavy atom. The molecule has 1 heterocycles. The van der Waals surface area contributed by atoms with Gasteiger partial charge in [-0.3, -0.25) is 4.79 Å². The highest BCUT2D eigenvalue weighted by molar-refractivity contribution is 8.00. The van der Waals surface area contributed by atoms with Gasteiger partial charge in [-0.1, -0.05) is 70.7 Å². The Balaban J connectivity index is 1.96. The van der Waals surface area contributed by atoms with E-state index in [4.69, 9.17) is 10.5 Å². The van der Waals surface area contributed by atoms with Gasteiger partial charge in [0, 0.05) is 56.5 Å². The van der Waals surface area contributed by atoms with Crippen molar-refractivity contribution in [2.45, 2.75) is 77.7 Å². The fourth-order valence-corrected chi connectivity index (χ4v) is 7.16. The van der Waals surface area contributed by atoms with Crippen LogP contribution in [0.5, 0.6) is 0 Å². The van der Waals surface area contributed by atoms with E-state index in [9.17, 15) is 36.7 Å². The zero-order valence-corrected chi connectivity index (χ0v) is 33.6. The van der Waals surface area contributed by atoms with E-state index in [0.29, 0.717) is 17.8 Å². The van der Waals surface area contributed by atoms with Crippen LogP contribution in [0.15, 0.2) is 60.8 Å². The zero-order chi connectivity index (χ0) is 41.1. The number of thioether (sulfide) groups is 1. The number of aromatic nitrogens is 1. The molecule has 3 aromatic rings. The van der Waals surface area contributed by atoms with Crippen LogP contribution in [-0.2, 0) is 30.4 Å². The molecule has 0 fully saturated rings. The molecular formula is C38H49F5N4O6SSi. The van der Waals surface area contributed by atoms with Crippen LogP contribution < -0.4 is 11.1 Å². The number of carbonyl (C=O) groups excluding carboxylic acids is 4. The van der Waals surface area contributed by atoms with Crippen molar-refractivity contribution in [3.63, 3.8) is 0 Å². The van der Waals surface area contributed by atoms with Gasteiger partial charge >= 0.3 is 24.2 Å². The fourth-order valence-electron chi connectivity index (χ4n) is 5.60. The quantitative estimate of drug-likeness (QED) is 0.0470. The lowest BCUT2D eigenvalue weighted by molar-refractivity contribution is -0.202. The van der Waals surface area contributed by atoms with E-state index in [1.165, 1.54) is 0 Å². The minimum atomic E-state index is -5.39. The summed E-state index contributed by atoms with van der Waals surface area (Å²) in [5.41, 5.74) is 6.90. The topological polar surface area (TPSA) is 133 Å². The van der Waals surface area contributed by atoms with E-state index in [1.807, 2.05) is 55.7 Å². The molecule has 2 amide bonds. The van der Waals surface area contributed by atoms with E-state index in [0.717, 1.165) is 41.6 Å². The number of hydrogen-bond acceptors (Lipinski definition) is 8. The number of benzene rings is 2. The highest BCUT2D eigenvalue weighted by atomic mass is 32.2. The molecule has 2 atom stereocenters. The van der Waals surface area contributed by atoms with E-state index in [1.54, 1.807) is 17.2 Å². The average Bonchev–Trinajstić information content (AvgIpc) is 3.47. The molecule has 302 valence electrons. The highest BCUT2D eigenvalue weighted by Gasteiger charge is 2.43.